The number of rotatable bonds is 3. The van der Waals surface area contributed by atoms with E-state index < -0.39 is 11.9 Å². The molecule has 1 heterocycles. The molecule has 0 fully saturated rings. The lowest BCUT2D eigenvalue weighted by Crippen LogP contribution is -2.43. The second-order valence-electron chi connectivity index (χ2n) is 3.28. The molecule has 0 aliphatic carbocycles. The number of likely N-dealkylation sites (N-methyl/N-ethyl adjacent to an activating group) is 1. The zero-order valence-corrected chi connectivity index (χ0v) is 9.15. The molecule has 1 unspecified atom stereocenters. The van der Waals surface area contributed by atoms with Crippen LogP contribution in [0.25, 0.3) is 0 Å². The zero-order chi connectivity index (χ0) is 12.1. The predicted molar refractivity (Wildman–Crippen MR) is 59.6 cm³/mol. The lowest BCUT2D eigenvalue weighted by molar-refractivity contribution is -0.122. The van der Waals surface area contributed by atoms with Gasteiger partial charge in [0, 0.05) is 18.9 Å². The Kier molecular flexibility index (Phi) is 3.82. The molecular formula is C10H14N4O2. The first-order valence-electron chi connectivity index (χ1n) is 4.78. The number of aromatic nitrogens is 1. The summed E-state index contributed by atoms with van der Waals surface area (Å²) < 4.78 is 0. The minimum absolute atomic E-state index is 0.191. The highest BCUT2D eigenvalue weighted by Crippen LogP contribution is 2.02. The molecule has 1 aromatic rings. The van der Waals surface area contributed by atoms with Crippen molar-refractivity contribution in [2.75, 3.05) is 12.8 Å². The van der Waals surface area contributed by atoms with Crippen LogP contribution in [0.3, 0.4) is 0 Å². The van der Waals surface area contributed by atoms with Crippen molar-refractivity contribution < 1.29 is 9.59 Å². The number of amides is 2. The Balaban J connectivity index is 2.69. The van der Waals surface area contributed by atoms with Gasteiger partial charge >= 0.3 is 0 Å². The topological polar surface area (TPSA) is 97.1 Å². The van der Waals surface area contributed by atoms with E-state index in [2.05, 4.69) is 15.6 Å². The average Bonchev–Trinajstić information content (AvgIpc) is 2.27. The van der Waals surface area contributed by atoms with Crippen LogP contribution < -0.4 is 16.4 Å². The molecule has 6 heteroatoms. The maximum Gasteiger partial charge on any atom is 0.270 e. The highest BCUT2D eigenvalue weighted by atomic mass is 16.2. The molecule has 0 aliphatic heterocycles. The number of hydrogen-bond donors (Lipinski definition) is 3. The van der Waals surface area contributed by atoms with E-state index in [4.69, 9.17) is 5.73 Å². The number of nitrogens with zero attached hydrogens (tertiary/aromatic N) is 1. The van der Waals surface area contributed by atoms with E-state index in [1.54, 1.807) is 13.0 Å². The highest BCUT2D eigenvalue weighted by molar-refractivity contribution is 5.96. The van der Waals surface area contributed by atoms with Crippen molar-refractivity contribution in [3.05, 3.63) is 24.0 Å². The number of carbonyl (C=O) groups excluding carboxylic acids is 2. The van der Waals surface area contributed by atoms with Crippen molar-refractivity contribution >= 4 is 17.5 Å². The summed E-state index contributed by atoms with van der Waals surface area (Å²) in [6.45, 7) is 1.59. The Morgan fingerprint density at radius 3 is 2.75 bits per heavy atom. The molecule has 0 aliphatic rings. The lowest BCUT2D eigenvalue weighted by Gasteiger charge is -2.11. The summed E-state index contributed by atoms with van der Waals surface area (Å²) in [6, 6.07) is 2.42. The first kappa shape index (κ1) is 12.0. The van der Waals surface area contributed by atoms with Crippen LogP contribution in [0.2, 0.25) is 0 Å². The van der Waals surface area contributed by atoms with E-state index in [9.17, 15) is 9.59 Å². The van der Waals surface area contributed by atoms with E-state index in [1.807, 2.05) is 0 Å². The summed E-state index contributed by atoms with van der Waals surface area (Å²) in [5, 5.41) is 4.94. The molecule has 0 radical (unpaired) electrons. The average molecular weight is 222 g/mol. The van der Waals surface area contributed by atoms with Crippen LogP contribution in [0.1, 0.15) is 17.4 Å². The van der Waals surface area contributed by atoms with Gasteiger partial charge in [-0.1, -0.05) is 0 Å². The predicted octanol–water partition coefficient (Wildman–Crippen LogP) is -0.472. The monoisotopic (exact) mass is 222 g/mol. The van der Waals surface area contributed by atoms with Gasteiger partial charge in [-0.3, -0.25) is 14.6 Å². The second kappa shape index (κ2) is 5.11. The summed E-state index contributed by atoms with van der Waals surface area (Å²) in [4.78, 5) is 26.6. The van der Waals surface area contributed by atoms with Gasteiger partial charge in [-0.05, 0) is 19.1 Å². The second-order valence-corrected chi connectivity index (χ2v) is 3.28. The van der Waals surface area contributed by atoms with Gasteiger partial charge in [0.15, 0.2) is 0 Å². The lowest BCUT2D eigenvalue weighted by atomic mass is 10.2. The third-order valence-corrected chi connectivity index (χ3v) is 2.00. The number of nitrogens with one attached hydrogen (secondary N) is 2. The van der Waals surface area contributed by atoms with Gasteiger partial charge in [-0.25, -0.2) is 0 Å². The number of nitrogens with two attached hydrogens (primary N) is 1. The van der Waals surface area contributed by atoms with Crippen LogP contribution >= 0.6 is 0 Å². The number of pyridine rings is 1. The number of nitrogen functional groups attached to an aromatic ring is 1. The molecule has 0 spiro atoms. The van der Waals surface area contributed by atoms with Gasteiger partial charge in [0.1, 0.15) is 11.7 Å². The molecular weight excluding hydrogens is 208 g/mol. The standard InChI is InChI=1S/C10H14N4O2/c1-6(9(15)12-2)14-10(16)8-5-7(11)3-4-13-8/h3-6H,1-2H3,(H2,11,13)(H,12,15)(H,14,16). The smallest absolute Gasteiger partial charge is 0.270 e. The summed E-state index contributed by atoms with van der Waals surface area (Å²) in [6.07, 6.45) is 1.44. The number of hydrogen-bond acceptors (Lipinski definition) is 4. The molecule has 1 atom stereocenters. The van der Waals surface area contributed by atoms with Crippen LogP contribution in [0, 0.1) is 0 Å². The normalized spacial score (nSPS) is 11.6. The summed E-state index contributed by atoms with van der Waals surface area (Å²) in [5.41, 5.74) is 6.16. The molecule has 0 aromatic carbocycles. The fourth-order valence-corrected chi connectivity index (χ4v) is 1.12. The van der Waals surface area contributed by atoms with Crippen LogP contribution in [0.5, 0.6) is 0 Å². The summed E-state index contributed by atoms with van der Waals surface area (Å²) in [7, 11) is 1.50. The summed E-state index contributed by atoms with van der Waals surface area (Å²) >= 11 is 0. The van der Waals surface area contributed by atoms with Gasteiger partial charge in [-0.2, -0.15) is 0 Å². The van der Waals surface area contributed by atoms with Gasteiger partial charge in [0.2, 0.25) is 5.91 Å². The third kappa shape index (κ3) is 2.94. The minimum Gasteiger partial charge on any atom is -0.399 e. The first-order valence-corrected chi connectivity index (χ1v) is 4.78. The number of carbonyl (C=O) groups is 2. The van der Waals surface area contributed by atoms with Crippen molar-refractivity contribution in [2.45, 2.75) is 13.0 Å². The quantitative estimate of drug-likeness (QED) is 0.644. The molecule has 16 heavy (non-hydrogen) atoms. The van der Waals surface area contributed by atoms with Crippen molar-refractivity contribution in [3.63, 3.8) is 0 Å². The van der Waals surface area contributed by atoms with Gasteiger partial charge < -0.3 is 16.4 Å². The van der Waals surface area contributed by atoms with Gasteiger partial charge in [-0.15, -0.1) is 0 Å². The Hall–Kier alpha value is -2.11. The van der Waals surface area contributed by atoms with Crippen LogP contribution in [-0.4, -0.2) is 29.9 Å². The minimum atomic E-state index is -0.610. The highest BCUT2D eigenvalue weighted by Gasteiger charge is 2.15. The van der Waals surface area contributed by atoms with Crippen molar-refractivity contribution in [1.82, 2.24) is 15.6 Å². The third-order valence-electron chi connectivity index (χ3n) is 2.00. The maximum atomic E-state index is 11.6. The Morgan fingerprint density at radius 2 is 2.19 bits per heavy atom. The maximum absolute atomic E-state index is 11.6. The molecule has 0 saturated heterocycles. The van der Waals surface area contributed by atoms with E-state index in [0.29, 0.717) is 5.69 Å². The van der Waals surface area contributed by atoms with E-state index >= 15 is 0 Å². The van der Waals surface area contributed by atoms with E-state index in [0.717, 1.165) is 0 Å². The summed E-state index contributed by atoms with van der Waals surface area (Å²) in [5.74, 6) is -0.694. The molecule has 86 valence electrons. The van der Waals surface area contributed by atoms with Crippen molar-refractivity contribution in [2.24, 2.45) is 0 Å². The van der Waals surface area contributed by atoms with Crippen molar-refractivity contribution in [3.8, 4) is 0 Å². The van der Waals surface area contributed by atoms with Crippen LogP contribution in [0.15, 0.2) is 18.3 Å². The Morgan fingerprint density at radius 1 is 1.50 bits per heavy atom. The van der Waals surface area contributed by atoms with E-state index in [-0.39, 0.29) is 11.6 Å². The Bertz CT molecular complexity index is 406. The molecule has 4 N–H and O–H groups in total. The largest absolute Gasteiger partial charge is 0.399 e. The van der Waals surface area contributed by atoms with Crippen molar-refractivity contribution in [1.29, 1.82) is 0 Å². The SMILES string of the molecule is CNC(=O)C(C)NC(=O)c1cc(N)ccn1. The number of anilines is 1. The van der Waals surface area contributed by atoms with Crippen LogP contribution in [-0.2, 0) is 4.79 Å². The molecule has 6 nitrogen and oxygen atoms in total. The first-order chi connectivity index (χ1) is 7.54. The molecule has 1 aromatic heterocycles. The molecule has 0 saturated carbocycles. The molecule has 1 rings (SSSR count). The fraction of sp³-hybridized carbons (Fsp3) is 0.300. The van der Waals surface area contributed by atoms with Crippen LogP contribution in [0.4, 0.5) is 5.69 Å². The molecule has 0 bridgehead atoms. The zero-order valence-electron chi connectivity index (χ0n) is 9.15. The van der Waals surface area contributed by atoms with Gasteiger partial charge in [0.05, 0.1) is 0 Å². The Labute approximate surface area is 93.2 Å². The van der Waals surface area contributed by atoms with E-state index in [1.165, 1.54) is 19.3 Å². The van der Waals surface area contributed by atoms with Gasteiger partial charge in [0.25, 0.3) is 5.91 Å². The molecule has 2 amide bonds. The fourth-order valence-electron chi connectivity index (χ4n) is 1.12.